The number of benzene rings is 1. The molecule has 1 aromatic carbocycles. The molecule has 0 heterocycles. The first-order valence-corrected chi connectivity index (χ1v) is 7.21. The lowest BCUT2D eigenvalue weighted by Gasteiger charge is -2.21. The van der Waals surface area contributed by atoms with Crippen LogP contribution in [0.4, 0.5) is 5.69 Å². The van der Waals surface area contributed by atoms with Gasteiger partial charge < -0.3 is 10.2 Å². The molecule has 0 aliphatic rings. The third-order valence-electron chi connectivity index (χ3n) is 2.94. The standard InChI is InChI=1S/C16H24N2O2/c1-4-9-18(10-5-2)16(20)12-14-7-6-8-15(11-14)17-13(3)19/h6-8,11H,4-5,9-10,12H2,1-3H3,(H,17,19). The van der Waals surface area contributed by atoms with Gasteiger partial charge in [0.2, 0.25) is 11.8 Å². The number of carbonyl (C=O) groups is 2. The van der Waals surface area contributed by atoms with Gasteiger partial charge >= 0.3 is 0 Å². The van der Waals surface area contributed by atoms with Gasteiger partial charge in [-0.05, 0) is 30.5 Å². The van der Waals surface area contributed by atoms with Crippen LogP contribution in [0.15, 0.2) is 24.3 Å². The van der Waals surface area contributed by atoms with E-state index in [4.69, 9.17) is 0 Å². The second-order valence-corrected chi connectivity index (χ2v) is 4.94. The molecule has 0 atom stereocenters. The predicted octanol–water partition coefficient (Wildman–Crippen LogP) is 2.84. The lowest BCUT2D eigenvalue weighted by atomic mass is 10.1. The molecule has 1 rings (SSSR count). The smallest absolute Gasteiger partial charge is 0.226 e. The number of rotatable bonds is 7. The monoisotopic (exact) mass is 276 g/mol. The molecule has 110 valence electrons. The fraction of sp³-hybridized carbons (Fsp3) is 0.500. The second-order valence-electron chi connectivity index (χ2n) is 4.94. The number of carbonyl (C=O) groups excluding carboxylic acids is 2. The summed E-state index contributed by atoms with van der Waals surface area (Å²) in [6.07, 6.45) is 2.32. The summed E-state index contributed by atoms with van der Waals surface area (Å²) in [7, 11) is 0. The average molecular weight is 276 g/mol. The van der Waals surface area contributed by atoms with E-state index < -0.39 is 0 Å². The van der Waals surface area contributed by atoms with Gasteiger partial charge in [-0.1, -0.05) is 26.0 Å². The van der Waals surface area contributed by atoms with Gasteiger partial charge in [-0.25, -0.2) is 0 Å². The molecule has 20 heavy (non-hydrogen) atoms. The number of nitrogens with one attached hydrogen (secondary N) is 1. The number of hydrogen-bond acceptors (Lipinski definition) is 2. The summed E-state index contributed by atoms with van der Waals surface area (Å²) in [5.74, 6) is 0.0424. The van der Waals surface area contributed by atoms with Crippen LogP contribution in [0.1, 0.15) is 39.2 Å². The summed E-state index contributed by atoms with van der Waals surface area (Å²) >= 11 is 0. The van der Waals surface area contributed by atoms with E-state index in [1.165, 1.54) is 6.92 Å². The summed E-state index contributed by atoms with van der Waals surface area (Å²) < 4.78 is 0. The van der Waals surface area contributed by atoms with E-state index in [-0.39, 0.29) is 11.8 Å². The van der Waals surface area contributed by atoms with Crippen molar-refractivity contribution in [2.75, 3.05) is 18.4 Å². The number of anilines is 1. The molecule has 0 spiro atoms. The van der Waals surface area contributed by atoms with Crippen molar-refractivity contribution in [3.8, 4) is 0 Å². The van der Waals surface area contributed by atoms with Crippen molar-refractivity contribution in [1.29, 1.82) is 0 Å². The van der Waals surface area contributed by atoms with E-state index in [1.54, 1.807) is 0 Å². The average Bonchev–Trinajstić information content (AvgIpc) is 2.38. The highest BCUT2D eigenvalue weighted by Gasteiger charge is 2.12. The summed E-state index contributed by atoms with van der Waals surface area (Å²) in [5.41, 5.74) is 1.67. The second kappa shape index (κ2) is 8.35. The molecular formula is C16H24N2O2. The Morgan fingerprint density at radius 1 is 1.15 bits per heavy atom. The third-order valence-corrected chi connectivity index (χ3v) is 2.94. The number of nitrogens with zero attached hydrogens (tertiary/aromatic N) is 1. The number of hydrogen-bond donors (Lipinski definition) is 1. The van der Waals surface area contributed by atoms with Crippen LogP contribution in [0.2, 0.25) is 0 Å². The molecular weight excluding hydrogens is 252 g/mol. The van der Waals surface area contributed by atoms with E-state index in [2.05, 4.69) is 19.2 Å². The van der Waals surface area contributed by atoms with Crippen molar-refractivity contribution >= 4 is 17.5 Å². The zero-order valence-electron chi connectivity index (χ0n) is 12.6. The molecule has 0 radical (unpaired) electrons. The van der Waals surface area contributed by atoms with Crippen molar-refractivity contribution in [1.82, 2.24) is 4.90 Å². The molecule has 0 aliphatic carbocycles. The molecule has 0 saturated carbocycles. The van der Waals surface area contributed by atoms with Gasteiger partial charge in [0.25, 0.3) is 0 Å². The van der Waals surface area contributed by atoms with E-state index in [0.717, 1.165) is 37.2 Å². The maximum absolute atomic E-state index is 12.3. The molecule has 0 aromatic heterocycles. The largest absolute Gasteiger partial charge is 0.342 e. The number of amides is 2. The van der Waals surface area contributed by atoms with Gasteiger partial charge in [-0.3, -0.25) is 9.59 Å². The first kappa shape index (κ1) is 16.2. The van der Waals surface area contributed by atoms with Gasteiger partial charge in [0, 0.05) is 25.7 Å². The quantitative estimate of drug-likeness (QED) is 0.832. The zero-order valence-corrected chi connectivity index (χ0v) is 12.6. The van der Waals surface area contributed by atoms with E-state index in [9.17, 15) is 9.59 Å². The maximum atomic E-state index is 12.3. The highest BCUT2D eigenvalue weighted by molar-refractivity contribution is 5.89. The van der Waals surface area contributed by atoms with Crippen LogP contribution in [0.5, 0.6) is 0 Å². The molecule has 4 nitrogen and oxygen atoms in total. The van der Waals surface area contributed by atoms with Gasteiger partial charge in [-0.15, -0.1) is 0 Å². The Morgan fingerprint density at radius 3 is 2.35 bits per heavy atom. The van der Waals surface area contributed by atoms with E-state index in [1.807, 2.05) is 29.2 Å². The summed E-state index contributed by atoms with van der Waals surface area (Å²) in [6, 6.07) is 7.46. The Labute approximate surface area is 121 Å². The van der Waals surface area contributed by atoms with Crippen LogP contribution in [-0.4, -0.2) is 29.8 Å². The Balaban J connectivity index is 2.70. The molecule has 1 aromatic rings. The first-order valence-electron chi connectivity index (χ1n) is 7.21. The minimum Gasteiger partial charge on any atom is -0.342 e. The van der Waals surface area contributed by atoms with Crippen molar-refractivity contribution in [2.24, 2.45) is 0 Å². The minimum atomic E-state index is -0.105. The summed E-state index contributed by atoms with van der Waals surface area (Å²) in [4.78, 5) is 25.2. The van der Waals surface area contributed by atoms with Crippen LogP contribution in [-0.2, 0) is 16.0 Å². The van der Waals surface area contributed by atoms with Crippen LogP contribution < -0.4 is 5.32 Å². The molecule has 2 amide bonds. The SMILES string of the molecule is CCCN(CCC)C(=O)Cc1cccc(NC(C)=O)c1. The normalized spacial score (nSPS) is 10.2. The van der Waals surface area contributed by atoms with Crippen molar-refractivity contribution in [3.05, 3.63) is 29.8 Å². The van der Waals surface area contributed by atoms with Gasteiger partial charge in [0.15, 0.2) is 0 Å². The van der Waals surface area contributed by atoms with Crippen molar-refractivity contribution in [2.45, 2.75) is 40.0 Å². The third kappa shape index (κ3) is 5.43. The Morgan fingerprint density at radius 2 is 1.80 bits per heavy atom. The Hall–Kier alpha value is -1.84. The molecule has 0 saturated heterocycles. The molecule has 0 aliphatic heterocycles. The van der Waals surface area contributed by atoms with E-state index in [0.29, 0.717) is 6.42 Å². The minimum absolute atomic E-state index is 0.105. The van der Waals surface area contributed by atoms with Gasteiger partial charge in [0.05, 0.1) is 6.42 Å². The Kier molecular flexibility index (Phi) is 6.77. The lowest BCUT2D eigenvalue weighted by Crippen LogP contribution is -2.33. The van der Waals surface area contributed by atoms with Crippen LogP contribution in [0, 0.1) is 0 Å². The maximum Gasteiger partial charge on any atom is 0.226 e. The zero-order chi connectivity index (χ0) is 15.0. The predicted molar refractivity (Wildman–Crippen MR) is 81.6 cm³/mol. The Bertz CT molecular complexity index is 452. The fourth-order valence-corrected chi connectivity index (χ4v) is 2.15. The van der Waals surface area contributed by atoms with Crippen LogP contribution in [0.3, 0.4) is 0 Å². The molecule has 0 bridgehead atoms. The summed E-state index contributed by atoms with van der Waals surface area (Å²) in [5, 5.41) is 2.73. The molecule has 4 heteroatoms. The van der Waals surface area contributed by atoms with E-state index >= 15 is 0 Å². The van der Waals surface area contributed by atoms with Crippen LogP contribution >= 0.6 is 0 Å². The molecule has 0 fully saturated rings. The van der Waals surface area contributed by atoms with Crippen molar-refractivity contribution < 1.29 is 9.59 Å². The highest BCUT2D eigenvalue weighted by atomic mass is 16.2. The molecule has 0 unspecified atom stereocenters. The van der Waals surface area contributed by atoms with Gasteiger partial charge in [-0.2, -0.15) is 0 Å². The summed E-state index contributed by atoms with van der Waals surface area (Å²) in [6.45, 7) is 7.23. The lowest BCUT2D eigenvalue weighted by molar-refractivity contribution is -0.130. The highest BCUT2D eigenvalue weighted by Crippen LogP contribution is 2.12. The topological polar surface area (TPSA) is 49.4 Å². The molecule has 1 N–H and O–H groups in total. The van der Waals surface area contributed by atoms with Crippen LogP contribution in [0.25, 0.3) is 0 Å². The first-order chi connectivity index (χ1) is 9.56. The van der Waals surface area contributed by atoms with Crippen molar-refractivity contribution in [3.63, 3.8) is 0 Å². The van der Waals surface area contributed by atoms with Gasteiger partial charge in [0.1, 0.15) is 0 Å². The fourth-order valence-electron chi connectivity index (χ4n) is 2.15.